The number of non-ortho nitro benzene ring substituents is 1. The van der Waals surface area contributed by atoms with Crippen molar-refractivity contribution in [3.8, 4) is 0 Å². The van der Waals surface area contributed by atoms with Crippen molar-refractivity contribution in [2.45, 2.75) is 6.42 Å². The van der Waals surface area contributed by atoms with Gasteiger partial charge >= 0.3 is 0 Å². The van der Waals surface area contributed by atoms with Crippen molar-refractivity contribution >= 4 is 29.3 Å². The molecule has 0 radical (unpaired) electrons. The number of nitrogens with zero attached hydrogens (tertiary/aromatic N) is 2. The number of carbonyl (C=O) groups excluding carboxylic acids is 2. The zero-order valence-electron chi connectivity index (χ0n) is 15.7. The molecule has 1 aliphatic rings. The number of nitrogens with one attached hydrogen (secondary N) is 1. The van der Waals surface area contributed by atoms with Crippen molar-refractivity contribution in [2.24, 2.45) is 0 Å². The van der Waals surface area contributed by atoms with Crippen molar-refractivity contribution in [3.63, 3.8) is 0 Å². The van der Waals surface area contributed by atoms with E-state index in [4.69, 9.17) is 4.74 Å². The van der Waals surface area contributed by atoms with Gasteiger partial charge in [-0.05, 0) is 41.5 Å². The van der Waals surface area contributed by atoms with Gasteiger partial charge in [0.2, 0.25) is 11.8 Å². The van der Waals surface area contributed by atoms with E-state index in [1.165, 1.54) is 18.2 Å². The number of rotatable bonds is 6. The molecule has 2 aromatic carbocycles. The number of ether oxygens (including phenoxy) is 1. The second-order valence-electron chi connectivity index (χ2n) is 6.54. The third kappa shape index (κ3) is 5.98. The maximum Gasteiger partial charge on any atom is 0.269 e. The summed E-state index contributed by atoms with van der Waals surface area (Å²) in [5.41, 5.74) is 2.17. The van der Waals surface area contributed by atoms with E-state index in [1.54, 1.807) is 35.2 Å². The Bertz CT molecular complexity index is 901. The van der Waals surface area contributed by atoms with Crippen molar-refractivity contribution < 1.29 is 19.2 Å². The monoisotopic (exact) mass is 395 g/mol. The van der Waals surface area contributed by atoms with Gasteiger partial charge in [0.05, 0.1) is 24.6 Å². The fraction of sp³-hybridized carbons (Fsp3) is 0.238. The number of carbonyl (C=O) groups is 2. The van der Waals surface area contributed by atoms with E-state index in [0.717, 1.165) is 5.56 Å². The Balaban J connectivity index is 1.51. The summed E-state index contributed by atoms with van der Waals surface area (Å²) in [7, 11) is 0. The van der Waals surface area contributed by atoms with Gasteiger partial charge in [-0.1, -0.05) is 12.1 Å². The lowest BCUT2D eigenvalue weighted by molar-refractivity contribution is -0.384. The molecule has 1 aliphatic heterocycles. The van der Waals surface area contributed by atoms with Crippen LogP contribution >= 0.6 is 0 Å². The van der Waals surface area contributed by atoms with Gasteiger partial charge < -0.3 is 15.0 Å². The molecule has 150 valence electrons. The van der Waals surface area contributed by atoms with Crippen molar-refractivity contribution in [3.05, 3.63) is 75.8 Å². The summed E-state index contributed by atoms with van der Waals surface area (Å²) >= 11 is 0. The number of nitro groups is 1. The third-order valence-electron chi connectivity index (χ3n) is 4.47. The molecule has 1 heterocycles. The Morgan fingerprint density at radius 2 is 1.72 bits per heavy atom. The molecule has 1 fully saturated rings. The number of nitro benzene ring substituents is 1. The zero-order valence-corrected chi connectivity index (χ0v) is 15.7. The van der Waals surface area contributed by atoms with Gasteiger partial charge in [-0.3, -0.25) is 19.7 Å². The normalized spacial score (nSPS) is 14.0. The Morgan fingerprint density at radius 3 is 2.34 bits per heavy atom. The first-order valence-electron chi connectivity index (χ1n) is 9.19. The minimum absolute atomic E-state index is 0.00112. The molecule has 1 saturated heterocycles. The minimum Gasteiger partial charge on any atom is -0.378 e. The Morgan fingerprint density at radius 1 is 1.07 bits per heavy atom. The molecule has 0 aromatic heterocycles. The average Bonchev–Trinajstić information content (AvgIpc) is 2.74. The molecule has 29 heavy (non-hydrogen) atoms. The van der Waals surface area contributed by atoms with Gasteiger partial charge in [0.15, 0.2) is 0 Å². The minimum atomic E-state index is -0.474. The fourth-order valence-corrected chi connectivity index (χ4v) is 2.87. The molecule has 0 atom stereocenters. The van der Waals surface area contributed by atoms with Crippen molar-refractivity contribution in [1.29, 1.82) is 0 Å². The average molecular weight is 395 g/mol. The Hall–Kier alpha value is -3.52. The van der Waals surface area contributed by atoms with E-state index >= 15 is 0 Å². The molecule has 1 N–H and O–H groups in total. The van der Waals surface area contributed by atoms with Crippen LogP contribution in [-0.2, 0) is 20.7 Å². The first-order valence-corrected chi connectivity index (χ1v) is 9.19. The molecule has 3 rings (SSSR count). The summed E-state index contributed by atoms with van der Waals surface area (Å²) in [5, 5.41) is 13.4. The molecule has 2 aromatic rings. The second-order valence-corrected chi connectivity index (χ2v) is 6.54. The van der Waals surface area contributed by atoms with E-state index in [1.807, 2.05) is 12.1 Å². The van der Waals surface area contributed by atoms with E-state index in [0.29, 0.717) is 44.0 Å². The van der Waals surface area contributed by atoms with E-state index in [-0.39, 0.29) is 17.5 Å². The summed E-state index contributed by atoms with van der Waals surface area (Å²) in [6.07, 6.45) is 3.25. The molecule has 2 amide bonds. The van der Waals surface area contributed by atoms with Crippen LogP contribution in [-0.4, -0.2) is 47.9 Å². The third-order valence-corrected chi connectivity index (χ3v) is 4.47. The summed E-state index contributed by atoms with van der Waals surface area (Å²) in [5.74, 6) is -0.253. The van der Waals surface area contributed by atoms with Crippen LogP contribution in [0.25, 0.3) is 6.08 Å². The number of anilines is 1. The van der Waals surface area contributed by atoms with Gasteiger partial charge in [0, 0.05) is 37.0 Å². The van der Waals surface area contributed by atoms with Gasteiger partial charge in [0.1, 0.15) is 0 Å². The predicted molar refractivity (Wildman–Crippen MR) is 108 cm³/mol. The van der Waals surface area contributed by atoms with E-state index in [9.17, 15) is 19.7 Å². The van der Waals surface area contributed by atoms with Crippen LogP contribution in [0, 0.1) is 10.1 Å². The van der Waals surface area contributed by atoms with Crippen LogP contribution in [0.2, 0.25) is 0 Å². The topological polar surface area (TPSA) is 102 Å². The summed E-state index contributed by atoms with van der Waals surface area (Å²) in [6, 6.07) is 13.0. The van der Waals surface area contributed by atoms with Crippen molar-refractivity contribution in [1.82, 2.24) is 4.90 Å². The highest BCUT2D eigenvalue weighted by Crippen LogP contribution is 2.14. The largest absolute Gasteiger partial charge is 0.378 e. The SMILES string of the molecule is O=C(/C=C/c1ccc([N+](=O)[O-])cc1)Nc1ccc(CC(=O)N2CCOCC2)cc1. The number of hydrogen-bond acceptors (Lipinski definition) is 5. The number of amides is 2. The predicted octanol–water partition coefficient (Wildman–Crippen LogP) is 2.65. The second kappa shape index (κ2) is 9.61. The number of morpholine rings is 1. The quantitative estimate of drug-likeness (QED) is 0.460. The standard InChI is InChI=1S/C21H21N3O5/c25-20(10-5-16-3-8-19(9-4-16)24(27)28)22-18-6-1-17(2-7-18)15-21(26)23-11-13-29-14-12-23/h1-10H,11-15H2,(H,22,25)/b10-5+. The molecule has 8 nitrogen and oxygen atoms in total. The molecule has 0 bridgehead atoms. The lowest BCUT2D eigenvalue weighted by atomic mass is 10.1. The van der Waals surface area contributed by atoms with Crippen LogP contribution < -0.4 is 5.32 Å². The molecule has 0 spiro atoms. The fourth-order valence-electron chi connectivity index (χ4n) is 2.87. The number of benzene rings is 2. The highest BCUT2D eigenvalue weighted by atomic mass is 16.6. The summed E-state index contributed by atoms with van der Waals surface area (Å²) < 4.78 is 5.25. The van der Waals surface area contributed by atoms with Crippen LogP contribution in [0.15, 0.2) is 54.6 Å². The highest BCUT2D eigenvalue weighted by molar-refractivity contribution is 6.01. The molecular formula is C21H21N3O5. The molecule has 0 unspecified atom stereocenters. The first-order chi connectivity index (χ1) is 14.0. The molecular weight excluding hydrogens is 374 g/mol. The van der Waals surface area contributed by atoms with Crippen molar-refractivity contribution in [2.75, 3.05) is 31.6 Å². The number of hydrogen-bond donors (Lipinski definition) is 1. The van der Waals surface area contributed by atoms with Gasteiger partial charge in [-0.25, -0.2) is 0 Å². The van der Waals surface area contributed by atoms with Crippen LogP contribution in [0.4, 0.5) is 11.4 Å². The van der Waals surface area contributed by atoms with Gasteiger partial charge in [0.25, 0.3) is 5.69 Å². The summed E-state index contributed by atoms with van der Waals surface area (Å²) in [6.45, 7) is 2.39. The summed E-state index contributed by atoms with van der Waals surface area (Å²) in [4.78, 5) is 36.3. The van der Waals surface area contributed by atoms with Crippen LogP contribution in [0.3, 0.4) is 0 Å². The van der Waals surface area contributed by atoms with Crippen LogP contribution in [0.1, 0.15) is 11.1 Å². The Labute approximate surface area is 167 Å². The first kappa shape index (κ1) is 20.2. The smallest absolute Gasteiger partial charge is 0.269 e. The lowest BCUT2D eigenvalue weighted by Gasteiger charge is -2.26. The molecule has 0 aliphatic carbocycles. The molecule has 8 heteroatoms. The highest BCUT2D eigenvalue weighted by Gasteiger charge is 2.16. The van der Waals surface area contributed by atoms with Gasteiger partial charge in [-0.15, -0.1) is 0 Å². The van der Waals surface area contributed by atoms with E-state index in [2.05, 4.69) is 5.32 Å². The van der Waals surface area contributed by atoms with Gasteiger partial charge in [-0.2, -0.15) is 0 Å². The zero-order chi connectivity index (χ0) is 20.6. The van der Waals surface area contributed by atoms with E-state index < -0.39 is 4.92 Å². The molecule has 0 saturated carbocycles. The lowest BCUT2D eigenvalue weighted by Crippen LogP contribution is -2.41. The maximum absolute atomic E-state index is 12.3. The Kier molecular flexibility index (Phi) is 6.70. The van der Waals surface area contributed by atoms with Crippen LogP contribution in [0.5, 0.6) is 0 Å². The maximum atomic E-state index is 12.3.